The number of primary amides is 1. The average Bonchev–Trinajstić information content (AvgIpc) is 2.83. The van der Waals surface area contributed by atoms with Crippen LogP contribution in [0.5, 0.6) is 0 Å². The monoisotopic (exact) mass is 463 g/mol. The molecule has 0 saturated heterocycles. The number of carbonyl (C=O) groups is 1. The Kier molecular flexibility index (Phi) is 5.80. The van der Waals surface area contributed by atoms with Gasteiger partial charge in [0.25, 0.3) is 5.56 Å². The zero-order valence-electron chi connectivity index (χ0n) is 18.7. The number of nitrogens with two attached hydrogens (primary N) is 1. The first-order valence-corrected chi connectivity index (χ1v) is 12.5. The summed E-state index contributed by atoms with van der Waals surface area (Å²) in [6, 6.07) is 14.2. The largest absolute Gasteiger partial charge is 0.370 e. The summed E-state index contributed by atoms with van der Waals surface area (Å²) in [5.41, 5.74) is 11.4. The number of hydrogen-bond acceptors (Lipinski definition) is 5. The van der Waals surface area contributed by atoms with Crippen molar-refractivity contribution in [3.05, 3.63) is 92.9 Å². The zero-order valence-corrected chi connectivity index (χ0v) is 19.5. The normalized spacial score (nSPS) is 15.2. The van der Waals surface area contributed by atoms with Gasteiger partial charge >= 0.3 is 0 Å². The number of carbonyl (C=O) groups excluding carboxylic acids is 1. The molecule has 1 aliphatic heterocycles. The summed E-state index contributed by atoms with van der Waals surface area (Å²) in [4.78, 5) is 29.3. The molecule has 1 amide bonds. The van der Waals surface area contributed by atoms with Crippen LogP contribution in [0, 0.1) is 6.92 Å². The van der Waals surface area contributed by atoms with E-state index in [4.69, 9.17) is 10.7 Å². The van der Waals surface area contributed by atoms with Crippen molar-refractivity contribution in [3.63, 3.8) is 0 Å². The Morgan fingerprint density at radius 2 is 1.76 bits per heavy atom. The second-order valence-corrected chi connectivity index (χ2v) is 10.7. The summed E-state index contributed by atoms with van der Waals surface area (Å²) in [5.74, 6) is -0.634. The number of aromatic nitrogens is 1. The predicted molar refractivity (Wildman–Crippen MR) is 129 cm³/mol. The highest BCUT2D eigenvalue weighted by atomic mass is 32.2. The second kappa shape index (κ2) is 8.44. The van der Waals surface area contributed by atoms with Crippen LogP contribution >= 0.6 is 0 Å². The zero-order chi connectivity index (χ0) is 23.9. The average molecular weight is 464 g/mol. The van der Waals surface area contributed by atoms with Crippen molar-refractivity contribution in [2.75, 3.05) is 6.26 Å². The van der Waals surface area contributed by atoms with E-state index in [2.05, 4.69) is 0 Å². The summed E-state index contributed by atoms with van der Waals surface area (Å²) in [7, 11) is -1.60. The smallest absolute Gasteiger partial charge is 0.250 e. The van der Waals surface area contributed by atoms with Crippen LogP contribution in [-0.2, 0) is 27.4 Å². The minimum Gasteiger partial charge on any atom is -0.370 e. The maximum atomic E-state index is 12.5. The van der Waals surface area contributed by atoms with E-state index in [1.807, 2.05) is 43.3 Å². The highest BCUT2D eigenvalue weighted by molar-refractivity contribution is 7.89. The van der Waals surface area contributed by atoms with Crippen molar-refractivity contribution in [2.24, 2.45) is 17.8 Å². The summed E-state index contributed by atoms with van der Waals surface area (Å²) in [5, 5.41) is 0. The van der Waals surface area contributed by atoms with E-state index >= 15 is 0 Å². The Balaban J connectivity index is 2.05. The van der Waals surface area contributed by atoms with Crippen molar-refractivity contribution in [1.29, 1.82) is 0 Å². The maximum absolute atomic E-state index is 12.5. The van der Waals surface area contributed by atoms with Gasteiger partial charge in [-0.2, -0.15) is 0 Å². The Bertz CT molecular complexity index is 1450. The van der Waals surface area contributed by atoms with Crippen molar-refractivity contribution < 1.29 is 13.2 Å². The highest BCUT2D eigenvalue weighted by Crippen LogP contribution is 2.38. The van der Waals surface area contributed by atoms with Crippen molar-refractivity contribution in [1.82, 2.24) is 4.57 Å². The van der Waals surface area contributed by atoms with Gasteiger partial charge in [-0.1, -0.05) is 42.0 Å². The fourth-order valence-corrected chi connectivity index (χ4v) is 4.93. The molecule has 0 aliphatic carbocycles. The van der Waals surface area contributed by atoms with E-state index in [0.29, 0.717) is 16.8 Å². The Morgan fingerprint density at radius 3 is 2.39 bits per heavy atom. The number of aliphatic imine (C=N–C) groups is 1. The van der Waals surface area contributed by atoms with Crippen LogP contribution in [0.1, 0.15) is 40.3 Å². The van der Waals surface area contributed by atoms with E-state index in [0.717, 1.165) is 27.8 Å². The molecular formula is C25H25N3O4S. The number of amides is 1. The molecule has 0 spiro atoms. The molecule has 2 N–H and O–H groups in total. The highest BCUT2D eigenvalue weighted by Gasteiger charge is 2.27. The van der Waals surface area contributed by atoms with E-state index in [-0.39, 0.29) is 17.7 Å². The molecule has 0 radical (unpaired) electrons. The second-order valence-electron chi connectivity index (χ2n) is 8.57. The number of hydrogen-bond donors (Lipinski definition) is 1. The minimum atomic E-state index is -3.25. The standard InChI is InChI=1S/C25H25N3O4S/c1-15-4-7-17(8-5-15)25-18-9-6-16(14-33(3,31)32)10-19(18)21-13-28(2)24(30)11-20(21)22(27-25)12-23(26)29/h4-11,13,22H,12,14H2,1-3H3,(H2,26,29)/t22-/m0/s1. The quantitative estimate of drug-likeness (QED) is 0.627. The summed E-state index contributed by atoms with van der Waals surface area (Å²) in [6.45, 7) is 1.99. The molecule has 2 aromatic carbocycles. The minimum absolute atomic E-state index is 0.0558. The van der Waals surface area contributed by atoms with Crippen LogP contribution in [0.25, 0.3) is 11.1 Å². The van der Waals surface area contributed by atoms with Crippen LogP contribution in [0.15, 0.2) is 64.5 Å². The van der Waals surface area contributed by atoms with Gasteiger partial charge in [-0.05, 0) is 29.7 Å². The van der Waals surface area contributed by atoms with E-state index in [9.17, 15) is 18.0 Å². The van der Waals surface area contributed by atoms with E-state index in [1.54, 1.807) is 19.3 Å². The third kappa shape index (κ3) is 4.80. The molecule has 0 fully saturated rings. The Labute approximate surface area is 192 Å². The lowest BCUT2D eigenvalue weighted by molar-refractivity contribution is -0.118. The van der Waals surface area contributed by atoms with Gasteiger partial charge in [-0.3, -0.25) is 14.6 Å². The van der Waals surface area contributed by atoms with E-state index < -0.39 is 21.8 Å². The SMILES string of the molecule is Cc1ccc(C2=N[C@@H](CC(N)=O)c3cc(=O)n(C)cc3-c3cc(CS(C)(=O)=O)ccc32)cc1. The molecule has 170 valence electrons. The first-order valence-electron chi connectivity index (χ1n) is 10.5. The summed E-state index contributed by atoms with van der Waals surface area (Å²) >= 11 is 0. The molecule has 1 aromatic heterocycles. The van der Waals surface area contributed by atoms with Crippen LogP contribution in [-0.4, -0.2) is 30.9 Å². The van der Waals surface area contributed by atoms with Crippen molar-refractivity contribution in [3.8, 4) is 11.1 Å². The molecule has 3 aromatic rings. The molecule has 2 heterocycles. The molecule has 0 unspecified atom stereocenters. The number of pyridine rings is 1. The van der Waals surface area contributed by atoms with Gasteiger partial charge in [0.15, 0.2) is 9.84 Å². The first-order chi connectivity index (χ1) is 15.5. The van der Waals surface area contributed by atoms with Gasteiger partial charge in [0.1, 0.15) is 0 Å². The van der Waals surface area contributed by atoms with Crippen LogP contribution in [0.2, 0.25) is 0 Å². The number of fused-ring (bicyclic) bond motifs is 3. The topological polar surface area (TPSA) is 112 Å². The third-order valence-electron chi connectivity index (χ3n) is 5.68. The number of benzene rings is 2. The number of nitrogens with zero attached hydrogens (tertiary/aromatic N) is 2. The molecule has 33 heavy (non-hydrogen) atoms. The van der Waals surface area contributed by atoms with Crippen molar-refractivity contribution >= 4 is 21.5 Å². The van der Waals surface area contributed by atoms with Gasteiger partial charge in [-0.15, -0.1) is 0 Å². The van der Waals surface area contributed by atoms with E-state index in [1.165, 1.54) is 16.9 Å². The van der Waals surface area contributed by atoms with Crippen LogP contribution < -0.4 is 11.3 Å². The molecule has 8 heteroatoms. The molecule has 0 saturated carbocycles. The van der Waals surface area contributed by atoms with Crippen molar-refractivity contribution in [2.45, 2.75) is 25.1 Å². The number of aryl methyl sites for hydroxylation is 2. The lowest BCUT2D eigenvalue weighted by Crippen LogP contribution is -2.20. The Morgan fingerprint density at radius 1 is 1.06 bits per heavy atom. The maximum Gasteiger partial charge on any atom is 0.250 e. The molecule has 0 bridgehead atoms. The Hall–Kier alpha value is -3.52. The van der Waals surface area contributed by atoms with Gasteiger partial charge < -0.3 is 10.3 Å². The van der Waals surface area contributed by atoms with Crippen LogP contribution in [0.3, 0.4) is 0 Å². The summed E-state index contributed by atoms with van der Waals surface area (Å²) < 4.78 is 25.4. The lowest BCUT2D eigenvalue weighted by atomic mass is 9.90. The van der Waals surface area contributed by atoms with Gasteiger partial charge in [0.2, 0.25) is 5.91 Å². The number of sulfone groups is 1. The summed E-state index contributed by atoms with van der Waals surface area (Å²) in [6.07, 6.45) is 2.85. The molecule has 4 rings (SSSR count). The lowest BCUT2D eigenvalue weighted by Gasteiger charge is -2.15. The predicted octanol–water partition coefficient (Wildman–Crippen LogP) is 2.67. The fraction of sp³-hybridized carbons (Fsp3) is 0.240. The van der Waals surface area contributed by atoms with Gasteiger partial charge in [-0.25, -0.2) is 8.42 Å². The van der Waals surface area contributed by atoms with Gasteiger partial charge in [0, 0.05) is 42.3 Å². The molecule has 1 atom stereocenters. The molecule has 7 nitrogen and oxygen atoms in total. The number of rotatable bonds is 5. The third-order valence-corrected chi connectivity index (χ3v) is 6.54. The first kappa shape index (κ1) is 22.7. The van der Waals surface area contributed by atoms with Crippen LogP contribution in [0.4, 0.5) is 0 Å². The van der Waals surface area contributed by atoms with Gasteiger partial charge in [0.05, 0.1) is 23.9 Å². The molecular weight excluding hydrogens is 438 g/mol. The molecule has 1 aliphatic rings. The fourth-order valence-electron chi connectivity index (χ4n) is 4.14.